The minimum Gasteiger partial charge on any atom is -0.392 e. The van der Waals surface area contributed by atoms with Crippen LogP contribution in [0.2, 0.25) is 0 Å². The molecule has 0 aromatic rings. The van der Waals surface area contributed by atoms with E-state index in [0.717, 1.165) is 13.0 Å². The van der Waals surface area contributed by atoms with Gasteiger partial charge in [0.25, 0.3) is 0 Å². The minimum absolute atomic E-state index is 0.109. The molecule has 0 aliphatic carbocycles. The second kappa shape index (κ2) is 16.4. The average molecular weight is 340 g/mol. The number of hydrogen-bond donors (Lipinski definition) is 2. The van der Waals surface area contributed by atoms with Gasteiger partial charge in [-0.05, 0) is 25.8 Å². The SMILES string of the molecule is CCCCCCCCCCCCCCCCC(O)C1CCCCN1. The summed E-state index contributed by atoms with van der Waals surface area (Å²) in [6, 6.07) is 0.376. The normalized spacial score (nSPS) is 19.5. The molecule has 2 atom stereocenters. The van der Waals surface area contributed by atoms with Gasteiger partial charge in [0.2, 0.25) is 0 Å². The molecule has 1 aliphatic rings. The van der Waals surface area contributed by atoms with Crippen LogP contribution in [0.15, 0.2) is 0 Å². The van der Waals surface area contributed by atoms with Crippen LogP contribution in [0.3, 0.4) is 0 Å². The Morgan fingerprint density at radius 3 is 1.71 bits per heavy atom. The van der Waals surface area contributed by atoms with Crippen molar-refractivity contribution in [1.82, 2.24) is 5.32 Å². The number of piperidine rings is 1. The number of aliphatic hydroxyl groups excluding tert-OH is 1. The van der Waals surface area contributed by atoms with Crippen LogP contribution < -0.4 is 5.32 Å². The largest absolute Gasteiger partial charge is 0.392 e. The molecule has 1 aliphatic heterocycles. The van der Waals surface area contributed by atoms with E-state index < -0.39 is 0 Å². The van der Waals surface area contributed by atoms with Crippen LogP contribution in [0.4, 0.5) is 0 Å². The van der Waals surface area contributed by atoms with E-state index in [-0.39, 0.29) is 6.10 Å². The van der Waals surface area contributed by atoms with E-state index >= 15 is 0 Å². The maximum Gasteiger partial charge on any atom is 0.0693 e. The molecule has 1 saturated heterocycles. The van der Waals surface area contributed by atoms with Gasteiger partial charge in [0.05, 0.1) is 6.10 Å². The first-order valence-electron chi connectivity index (χ1n) is 11.3. The third-order valence-electron chi connectivity index (χ3n) is 5.67. The Labute approximate surface area is 152 Å². The standard InChI is InChI=1S/C22H45NO/c1-2-3-4-5-6-7-8-9-10-11-12-13-14-15-19-22(24)21-18-16-17-20-23-21/h21-24H,2-20H2,1H3. The van der Waals surface area contributed by atoms with Crippen LogP contribution in [0, 0.1) is 0 Å². The van der Waals surface area contributed by atoms with Crippen LogP contribution >= 0.6 is 0 Å². The molecule has 0 amide bonds. The van der Waals surface area contributed by atoms with Crippen molar-refractivity contribution in [2.24, 2.45) is 0 Å². The first-order valence-corrected chi connectivity index (χ1v) is 11.3. The maximum absolute atomic E-state index is 10.2. The summed E-state index contributed by atoms with van der Waals surface area (Å²) in [6.07, 6.45) is 24.2. The monoisotopic (exact) mass is 339 g/mol. The Kier molecular flexibility index (Phi) is 15.0. The quantitative estimate of drug-likeness (QED) is 0.321. The summed E-state index contributed by atoms with van der Waals surface area (Å²) in [6.45, 7) is 3.39. The van der Waals surface area contributed by atoms with Crippen LogP contribution in [0.5, 0.6) is 0 Å². The predicted octanol–water partition coefficient (Wildman–Crippen LogP) is 6.36. The van der Waals surface area contributed by atoms with Crippen LogP contribution in [-0.2, 0) is 0 Å². The Hall–Kier alpha value is -0.0800. The Balaban J connectivity index is 1.74. The summed E-state index contributed by atoms with van der Waals surface area (Å²) in [7, 11) is 0. The van der Waals surface area contributed by atoms with Crippen molar-refractivity contribution in [3.05, 3.63) is 0 Å². The van der Waals surface area contributed by atoms with Crippen molar-refractivity contribution >= 4 is 0 Å². The lowest BCUT2D eigenvalue weighted by Gasteiger charge is -2.28. The lowest BCUT2D eigenvalue weighted by molar-refractivity contribution is 0.102. The van der Waals surface area contributed by atoms with E-state index in [0.29, 0.717) is 6.04 Å². The number of hydrogen-bond acceptors (Lipinski definition) is 2. The summed E-state index contributed by atoms with van der Waals surface area (Å²) < 4.78 is 0. The van der Waals surface area contributed by atoms with Gasteiger partial charge in [-0.1, -0.05) is 103 Å². The van der Waals surface area contributed by atoms with Gasteiger partial charge in [-0.25, -0.2) is 0 Å². The molecule has 0 aromatic heterocycles. The number of nitrogens with one attached hydrogen (secondary N) is 1. The second-order valence-corrected chi connectivity index (χ2v) is 8.01. The molecule has 0 radical (unpaired) electrons. The topological polar surface area (TPSA) is 32.3 Å². The summed E-state index contributed by atoms with van der Waals surface area (Å²) in [5.41, 5.74) is 0. The molecule has 24 heavy (non-hydrogen) atoms. The first-order chi connectivity index (χ1) is 11.8. The van der Waals surface area contributed by atoms with Gasteiger partial charge in [0.1, 0.15) is 0 Å². The number of rotatable bonds is 16. The highest BCUT2D eigenvalue weighted by Gasteiger charge is 2.20. The lowest BCUT2D eigenvalue weighted by atomic mass is 9.96. The van der Waals surface area contributed by atoms with E-state index in [1.54, 1.807) is 0 Å². The molecule has 144 valence electrons. The molecule has 2 N–H and O–H groups in total. The molecule has 2 nitrogen and oxygen atoms in total. The van der Waals surface area contributed by atoms with Crippen molar-refractivity contribution in [3.8, 4) is 0 Å². The molecule has 2 heteroatoms. The van der Waals surface area contributed by atoms with Crippen molar-refractivity contribution in [3.63, 3.8) is 0 Å². The molecule has 0 saturated carbocycles. The van der Waals surface area contributed by atoms with Gasteiger partial charge in [0, 0.05) is 6.04 Å². The zero-order chi connectivity index (χ0) is 17.3. The van der Waals surface area contributed by atoms with Gasteiger partial charge >= 0.3 is 0 Å². The van der Waals surface area contributed by atoms with E-state index in [9.17, 15) is 5.11 Å². The summed E-state index contributed by atoms with van der Waals surface area (Å²) in [4.78, 5) is 0. The van der Waals surface area contributed by atoms with Crippen LogP contribution in [0.1, 0.15) is 122 Å². The fourth-order valence-corrected chi connectivity index (χ4v) is 3.96. The molecule has 0 bridgehead atoms. The van der Waals surface area contributed by atoms with E-state index in [2.05, 4.69) is 12.2 Å². The van der Waals surface area contributed by atoms with Crippen molar-refractivity contribution in [2.45, 2.75) is 135 Å². The van der Waals surface area contributed by atoms with Gasteiger partial charge in [-0.3, -0.25) is 0 Å². The Morgan fingerprint density at radius 1 is 0.750 bits per heavy atom. The fourth-order valence-electron chi connectivity index (χ4n) is 3.96. The second-order valence-electron chi connectivity index (χ2n) is 8.01. The van der Waals surface area contributed by atoms with E-state index in [1.807, 2.05) is 0 Å². The molecule has 0 spiro atoms. The number of aliphatic hydroxyl groups is 1. The Bertz CT molecular complexity index is 250. The summed E-state index contributed by atoms with van der Waals surface area (Å²) in [5.74, 6) is 0. The predicted molar refractivity (Wildman–Crippen MR) is 107 cm³/mol. The van der Waals surface area contributed by atoms with E-state index in [4.69, 9.17) is 0 Å². The van der Waals surface area contributed by atoms with E-state index in [1.165, 1.54) is 109 Å². The molecule has 1 heterocycles. The smallest absolute Gasteiger partial charge is 0.0693 e. The van der Waals surface area contributed by atoms with Crippen molar-refractivity contribution < 1.29 is 5.11 Å². The molecular formula is C22H45NO. The highest BCUT2D eigenvalue weighted by atomic mass is 16.3. The van der Waals surface area contributed by atoms with Crippen molar-refractivity contribution in [1.29, 1.82) is 0 Å². The summed E-state index contributed by atoms with van der Waals surface area (Å²) in [5, 5.41) is 13.7. The third-order valence-corrected chi connectivity index (χ3v) is 5.67. The molecule has 1 rings (SSSR count). The lowest BCUT2D eigenvalue weighted by Crippen LogP contribution is -2.43. The van der Waals surface area contributed by atoms with Crippen LogP contribution in [0.25, 0.3) is 0 Å². The van der Waals surface area contributed by atoms with Gasteiger partial charge in [-0.15, -0.1) is 0 Å². The van der Waals surface area contributed by atoms with Crippen LogP contribution in [-0.4, -0.2) is 23.8 Å². The highest BCUT2D eigenvalue weighted by molar-refractivity contribution is 4.79. The molecule has 1 fully saturated rings. The maximum atomic E-state index is 10.2. The number of unbranched alkanes of at least 4 members (excludes halogenated alkanes) is 13. The zero-order valence-corrected chi connectivity index (χ0v) is 16.5. The summed E-state index contributed by atoms with van der Waals surface area (Å²) >= 11 is 0. The highest BCUT2D eigenvalue weighted by Crippen LogP contribution is 2.17. The zero-order valence-electron chi connectivity index (χ0n) is 16.5. The van der Waals surface area contributed by atoms with Gasteiger partial charge in [0.15, 0.2) is 0 Å². The average Bonchev–Trinajstić information content (AvgIpc) is 2.62. The Morgan fingerprint density at radius 2 is 1.25 bits per heavy atom. The molecular weight excluding hydrogens is 294 g/mol. The third kappa shape index (κ3) is 12.3. The first kappa shape index (κ1) is 22.0. The van der Waals surface area contributed by atoms with Crippen molar-refractivity contribution in [2.75, 3.05) is 6.54 Å². The minimum atomic E-state index is -0.109. The molecule has 2 unspecified atom stereocenters. The van der Waals surface area contributed by atoms with Gasteiger partial charge in [-0.2, -0.15) is 0 Å². The fraction of sp³-hybridized carbons (Fsp3) is 1.00. The molecule has 0 aromatic carbocycles. The van der Waals surface area contributed by atoms with Gasteiger partial charge < -0.3 is 10.4 Å².